The molecule has 1 heterocycles. The van der Waals surface area contributed by atoms with Gasteiger partial charge in [0.05, 0.1) is 17.7 Å². The number of nitrogens with one attached hydrogen (secondary N) is 2. The Kier molecular flexibility index (Phi) is 6.01. The number of rotatable bonds is 8. The van der Waals surface area contributed by atoms with Crippen molar-refractivity contribution in [3.05, 3.63) is 76.1 Å². The minimum Gasteiger partial charge on any atom is -0.495 e. The largest absolute Gasteiger partial charge is 0.495 e. The Hall–Kier alpha value is -3.68. The zero-order chi connectivity index (χ0) is 19.9. The third-order valence-corrected chi connectivity index (χ3v) is 4.16. The Morgan fingerprint density at radius 1 is 1.11 bits per heavy atom. The van der Waals surface area contributed by atoms with E-state index in [2.05, 4.69) is 20.6 Å². The van der Waals surface area contributed by atoms with Gasteiger partial charge in [0, 0.05) is 6.54 Å². The third-order valence-electron chi connectivity index (χ3n) is 4.16. The van der Waals surface area contributed by atoms with Gasteiger partial charge in [-0.1, -0.05) is 36.4 Å². The Morgan fingerprint density at radius 3 is 2.57 bits per heavy atom. The van der Waals surface area contributed by atoms with Gasteiger partial charge in [0.2, 0.25) is 11.6 Å². The van der Waals surface area contributed by atoms with Gasteiger partial charge in [-0.15, -0.1) is 0 Å². The lowest BCUT2D eigenvalue weighted by molar-refractivity contribution is -0.383. The van der Waals surface area contributed by atoms with Crippen LogP contribution in [0.15, 0.2) is 54.9 Å². The molecular formula is C20H21N5O3. The Balaban J connectivity index is 1.83. The van der Waals surface area contributed by atoms with E-state index in [4.69, 9.17) is 4.74 Å². The van der Waals surface area contributed by atoms with Crippen LogP contribution in [0.2, 0.25) is 0 Å². The molecule has 0 fully saturated rings. The van der Waals surface area contributed by atoms with Crippen LogP contribution in [-0.4, -0.2) is 28.5 Å². The maximum Gasteiger partial charge on any atom is 0.353 e. The predicted octanol–water partition coefficient (Wildman–Crippen LogP) is 4.10. The van der Waals surface area contributed by atoms with Crippen molar-refractivity contribution >= 4 is 23.0 Å². The summed E-state index contributed by atoms with van der Waals surface area (Å²) in [5, 5.41) is 17.8. The van der Waals surface area contributed by atoms with Crippen LogP contribution < -0.4 is 15.4 Å². The number of nitrogens with zero attached hydrogens (tertiary/aromatic N) is 3. The highest BCUT2D eigenvalue weighted by Crippen LogP contribution is 2.34. The smallest absolute Gasteiger partial charge is 0.353 e. The topological polar surface area (TPSA) is 102 Å². The fourth-order valence-electron chi connectivity index (χ4n) is 2.79. The molecule has 0 unspecified atom stereocenters. The molecule has 8 nitrogen and oxygen atoms in total. The normalized spacial score (nSPS) is 10.4. The fourth-order valence-corrected chi connectivity index (χ4v) is 2.79. The quantitative estimate of drug-likeness (QED) is 0.449. The molecular weight excluding hydrogens is 358 g/mol. The molecule has 2 N–H and O–H groups in total. The molecule has 28 heavy (non-hydrogen) atoms. The van der Waals surface area contributed by atoms with Gasteiger partial charge in [0.25, 0.3) is 0 Å². The van der Waals surface area contributed by atoms with E-state index in [-0.39, 0.29) is 17.3 Å². The molecule has 0 saturated carbocycles. The lowest BCUT2D eigenvalue weighted by Crippen LogP contribution is -2.11. The fraction of sp³-hybridized carbons (Fsp3) is 0.200. The van der Waals surface area contributed by atoms with Crippen LogP contribution in [0, 0.1) is 17.0 Å². The van der Waals surface area contributed by atoms with Gasteiger partial charge in [-0.3, -0.25) is 10.1 Å². The van der Waals surface area contributed by atoms with Crippen molar-refractivity contribution in [2.24, 2.45) is 0 Å². The average molecular weight is 379 g/mol. The van der Waals surface area contributed by atoms with Gasteiger partial charge >= 0.3 is 5.69 Å². The molecule has 3 rings (SSSR count). The third kappa shape index (κ3) is 4.53. The van der Waals surface area contributed by atoms with Gasteiger partial charge in [0.1, 0.15) is 12.1 Å². The summed E-state index contributed by atoms with van der Waals surface area (Å²) < 4.78 is 5.33. The minimum atomic E-state index is -0.491. The number of ether oxygens (including phenoxy) is 1. The molecule has 0 bridgehead atoms. The van der Waals surface area contributed by atoms with Gasteiger partial charge in [-0.2, -0.15) is 0 Å². The summed E-state index contributed by atoms with van der Waals surface area (Å²) in [5.74, 6) is 0.841. The van der Waals surface area contributed by atoms with Crippen LogP contribution in [0.25, 0.3) is 0 Å². The van der Waals surface area contributed by atoms with E-state index in [0.29, 0.717) is 18.0 Å². The predicted molar refractivity (Wildman–Crippen MR) is 108 cm³/mol. The Morgan fingerprint density at radius 2 is 1.86 bits per heavy atom. The zero-order valence-corrected chi connectivity index (χ0v) is 15.7. The number of benzene rings is 2. The summed E-state index contributed by atoms with van der Waals surface area (Å²) in [5.41, 5.74) is 2.51. The number of anilines is 3. The number of aryl methyl sites for hydroxylation is 1. The van der Waals surface area contributed by atoms with E-state index in [0.717, 1.165) is 17.5 Å². The van der Waals surface area contributed by atoms with Crippen molar-refractivity contribution in [2.75, 3.05) is 24.3 Å². The molecule has 2 aromatic carbocycles. The summed E-state index contributed by atoms with van der Waals surface area (Å²) >= 11 is 0. The number of aromatic nitrogens is 2. The van der Waals surface area contributed by atoms with Crippen LogP contribution >= 0.6 is 0 Å². The first kappa shape index (κ1) is 19.1. The molecule has 3 aromatic rings. The first-order chi connectivity index (χ1) is 13.6. The first-order valence-corrected chi connectivity index (χ1v) is 8.77. The molecule has 0 amide bonds. The maximum atomic E-state index is 11.7. The molecule has 0 spiro atoms. The van der Waals surface area contributed by atoms with E-state index < -0.39 is 4.92 Å². The monoisotopic (exact) mass is 379 g/mol. The second-order valence-electron chi connectivity index (χ2n) is 6.17. The van der Waals surface area contributed by atoms with E-state index in [1.807, 2.05) is 49.4 Å². The number of methoxy groups -OCH3 is 1. The summed E-state index contributed by atoms with van der Waals surface area (Å²) in [7, 11) is 1.54. The van der Waals surface area contributed by atoms with Crippen LogP contribution in [0.4, 0.5) is 23.0 Å². The molecule has 0 aliphatic carbocycles. The van der Waals surface area contributed by atoms with Gasteiger partial charge in [0.15, 0.2) is 0 Å². The summed E-state index contributed by atoms with van der Waals surface area (Å²) in [6, 6.07) is 15.4. The lowest BCUT2D eigenvalue weighted by Gasteiger charge is -2.13. The second-order valence-corrected chi connectivity index (χ2v) is 6.17. The van der Waals surface area contributed by atoms with Crippen LogP contribution in [0.1, 0.15) is 11.1 Å². The molecule has 0 aliphatic rings. The number of nitro groups is 1. The van der Waals surface area contributed by atoms with Gasteiger partial charge < -0.3 is 15.4 Å². The second kappa shape index (κ2) is 8.81. The maximum absolute atomic E-state index is 11.7. The van der Waals surface area contributed by atoms with Gasteiger partial charge in [-0.25, -0.2) is 9.97 Å². The molecule has 144 valence electrons. The Labute approximate surface area is 162 Å². The van der Waals surface area contributed by atoms with Crippen LogP contribution in [0.5, 0.6) is 5.75 Å². The van der Waals surface area contributed by atoms with E-state index >= 15 is 0 Å². The highest BCUT2D eigenvalue weighted by Gasteiger charge is 2.23. The number of hydrogen-bond acceptors (Lipinski definition) is 7. The van der Waals surface area contributed by atoms with Crippen molar-refractivity contribution in [3.63, 3.8) is 0 Å². The van der Waals surface area contributed by atoms with Crippen molar-refractivity contribution in [1.82, 2.24) is 9.97 Å². The standard InChI is InChI=1S/C20H21N5O3/c1-14-8-9-17(28-2)16(12-14)24-20-18(25(26)27)19(22-13-23-20)21-11-10-15-6-4-3-5-7-15/h3-9,12-13H,10-11H2,1-2H3,(H2,21,22,23,24). The molecule has 0 atom stereocenters. The molecule has 0 radical (unpaired) electrons. The van der Waals surface area contributed by atoms with Gasteiger partial charge in [-0.05, 0) is 36.6 Å². The van der Waals surface area contributed by atoms with E-state index in [1.165, 1.54) is 6.33 Å². The van der Waals surface area contributed by atoms with Crippen molar-refractivity contribution in [3.8, 4) is 5.75 Å². The van der Waals surface area contributed by atoms with Crippen molar-refractivity contribution in [2.45, 2.75) is 13.3 Å². The molecule has 8 heteroatoms. The van der Waals surface area contributed by atoms with E-state index in [1.54, 1.807) is 13.2 Å². The molecule has 0 saturated heterocycles. The van der Waals surface area contributed by atoms with Crippen LogP contribution in [-0.2, 0) is 6.42 Å². The average Bonchev–Trinajstić information content (AvgIpc) is 2.69. The summed E-state index contributed by atoms with van der Waals surface area (Å²) in [6.45, 7) is 2.44. The SMILES string of the molecule is COc1ccc(C)cc1Nc1ncnc(NCCc2ccccc2)c1[N+](=O)[O-]. The summed E-state index contributed by atoms with van der Waals surface area (Å²) in [6.07, 6.45) is 2.01. The summed E-state index contributed by atoms with van der Waals surface area (Å²) in [4.78, 5) is 19.3. The highest BCUT2D eigenvalue weighted by molar-refractivity contribution is 5.76. The number of hydrogen-bond donors (Lipinski definition) is 2. The van der Waals surface area contributed by atoms with E-state index in [9.17, 15) is 10.1 Å². The van der Waals surface area contributed by atoms with Crippen molar-refractivity contribution < 1.29 is 9.66 Å². The molecule has 1 aromatic heterocycles. The zero-order valence-electron chi connectivity index (χ0n) is 15.7. The Bertz CT molecular complexity index is 963. The van der Waals surface area contributed by atoms with Crippen molar-refractivity contribution in [1.29, 1.82) is 0 Å². The molecule has 0 aliphatic heterocycles. The first-order valence-electron chi connectivity index (χ1n) is 8.77. The van der Waals surface area contributed by atoms with Crippen LogP contribution in [0.3, 0.4) is 0 Å². The minimum absolute atomic E-state index is 0.103. The lowest BCUT2D eigenvalue weighted by atomic mass is 10.1. The highest BCUT2D eigenvalue weighted by atomic mass is 16.6.